The Labute approximate surface area is 203 Å². The van der Waals surface area contributed by atoms with Gasteiger partial charge in [0.1, 0.15) is 16.9 Å². The highest BCUT2D eigenvalue weighted by Gasteiger charge is 2.36. The molecule has 4 rings (SSSR count). The third-order valence-corrected chi connectivity index (χ3v) is 6.32. The zero-order chi connectivity index (χ0) is 24.9. The highest BCUT2D eigenvalue weighted by atomic mass is 32.2. The number of hydrogen-bond acceptors (Lipinski definition) is 5. The molecule has 10 heteroatoms. The van der Waals surface area contributed by atoms with Crippen LogP contribution < -0.4 is 5.32 Å². The number of halogens is 2. The van der Waals surface area contributed by atoms with Gasteiger partial charge in [0.2, 0.25) is 11.8 Å². The molecule has 3 aromatic rings. The zero-order valence-corrected chi connectivity index (χ0v) is 19.0. The lowest BCUT2D eigenvalue weighted by Crippen LogP contribution is -2.44. The lowest BCUT2D eigenvalue weighted by Gasteiger charge is -2.32. The van der Waals surface area contributed by atoms with Crippen molar-refractivity contribution in [2.45, 2.75) is 18.2 Å². The number of amidine groups is 1. The van der Waals surface area contributed by atoms with Crippen LogP contribution in [0.2, 0.25) is 0 Å². The first-order valence-electron chi connectivity index (χ1n) is 10.5. The third kappa shape index (κ3) is 6.10. The normalized spacial score (nSPS) is 16.9. The van der Waals surface area contributed by atoms with Crippen LogP contribution in [-0.4, -0.2) is 38.2 Å². The summed E-state index contributed by atoms with van der Waals surface area (Å²) in [4.78, 5) is 42.9. The number of carbonyl (C=O) groups is 3. The molecule has 1 aliphatic rings. The van der Waals surface area contributed by atoms with Gasteiger partial charge in [-0.3, -0.25) is 14.5 Å². The van der Waals surface area contributed by atoms with Gasteiger partial charge in [-0.25, -0.2) is 18.6 Å². The van der Waals surface area contributed by atoms with Crippen molar-refractivity contribution in [1.29, 1.82) is 0 Å². The molecule has 2 amide bonds. The summed E-state index contributed by atoms with van der Waals surface area (Å²) in [6, 6.07) is 16.7. The van der Waals surface area contributed by atoms with Crippen LogP contribution in [0.3, 0.4) is 0 Å². The molecular weight excluding hydrogens is 476 g/mol. The van der Waals surface area contributed by atoms with E-state index in [9.17, 15) is 23.2 Å². The Morgan fingerprint density at radius 2 is 1.57 bits per heavy atom. The van der Waals surface area contributed by atoms with E-state index in [0.29, 0.717) is 16.9 Å². The van der Waals surface area contributed by atoms with Crippen molar-refractivity contribution in [3.05, 3.63) is 95.6 Å². The van der Waals surface area contributed by atoms with Gasteiger partial charge in [0.25, 0.3) is 0 Å². The predicted molar refractivity (Wildman–Crippen MR) is 128 cm³/mol. The number of carboxylic acid groups (broad SMARTS) is 1. The van der Waals surface area contributed by atoms with E-state index < -0.39 is 28.8 Å². The summed E-state index contributed by atoms with van der Waals surface area (Å²) in [7, 11) is 0. The van der Waals surface area contributed by atoms with Gasteiger partial charge in [-0.15, -0.1) is 0 Å². The summed E-state index contributed by atoms with van der Waals surface area (Å²) in [5, 5.41) is 11.2. The summed E-state index contributed by atoms with van der Waals surface area (Å²) in [6.45, 7) is 0.122. The minimum absolute atomic E-state index is 0.0790. The van der Waals surface area contributed by atoms with E-state index in [0.717, 1.165) is 11.8 Å². The van der Waals surface area contributed by atoms with E-state index in [2.05, 4.69) is 10.3 Å². The monoisotopic (exact) mass is 495 g/mol. The van der Waals surface area contributed by atoms with Gasteiger partial charge >= 0.3 is 5.97 Å². The number of nitrogens with zero attached hydrogens (tertiary/aromatic N) is 2. The number of rotatable bonds is 6. The van der Waals surface area contributed by atoms with E-state index in [-0.39, 0.29) is 29.6 Å². The lowest BCUT2D eigenvalue weighted by atomic mass is 10.2. The molecule has 1 unspecified atom stereocenters. The number of benzene rings is 3. The minimum atomic E-state index is -1.08. The van der Waals surface area contributed by atoms with Gasteiger partial charge in [0, 0.05) is 12.1 Å². The molecule has 0 bridgehead atoms. The molecule has 0 aromatic heterocycles. The smallest absolute Gasteiger partial charge is 0.335 e. The Hall–Kier alpha value is -4.05. The number of carboxylic acids is 1. The van der Waals surface area contributed by atoms with Crippen LogP contribution in [0, 0.1) is 11.6 Å². The Bertz CT molecular complexity index is 1280. The molecule has 1 fully saturated rings. The molecule has 1 atom stereocenters. The van der Waals surface area contributed by atoms with Crippen molar-refractivity contribution in [2.75, 3.05) is 5.32 Å². The third-order valence-electron chi connectivity index (χ3n) is 5.14. The molecule has 35 heavy (non-hydrogen) atoms. The first-order valence-corrected chi connectivity index (χ1v) is 11.4. The summed E-state index contributed by atoms with van der Waals surface area (Å²) >= 11 is 1.08. The Kier molecular flexibility index (Phi) is 7.21. The highest BCUT2D eigenvalue weighted by Crippen LogP contribution is 2.31. The molecule has 1 heterocycles. The number of amides is 2. The second-order valence-corrected chi connectivity index (χ2v) is 8.83. The number of hydrogen-bond donors (Lipinski definition) is 2. The van der Waals surface area contributed by atoms with Gasteiger partial charge in [-0.1, -0.05) is 23.9 Å². The van der Waals surface area contributed by atoms with E-state index in [1.165, 1.54) is 65.6 Å². The molecule has 2 N–H and O–H groups in total. The van der Waals surface area contributed by atoms with Gasteiger partial charge in [0.15, 0.2) is 5.17 Å². The molecule has 3 aromatic carbocycles. The fraction of sp³-hybridized carbons (Fsp3) is 0.120. The number of nitrogens with one attached hydrogen (secondary N) is 1. The Morgan fingerprint density at radius 3 is 2.17 bits per heavy atom. The van der Waals surface area contributed by atoms with Crippen molar-refractivity contribution >= 4 is 46.1 Å². The van der Waals surface area contributed by atoms with Crippen molar-refractivity contribution in [3.8, 4) is 0 Å². The van der Waals surface area contributed by atoms with Crippen LogP contribution in [0.5, 0.6) is 0 Å². The number of anilines is 1. The fourth-order valence-electron chi connectivity index (χ4n) is 3.31. The first-order chi connectivity index (χ1) is 16.8. The summed E-state index contributed by atoms with van der Waals surface area (Å²) in [6.07, 6.45) is -0.104. The highest BCUT2D eigenvalue weighted by molar-refractivity contribution is 8.15. The quantitative estimate of drug-likeness (QED) is 0.511. The number of aliphatic imine (C=N–C) groups is 1. The maximum absolute atomic E-state index is 13.3. The topological polar surface area (TPSA) is 99.1 Å². The minimum Gasteiger partial charge on any atom is -0.478 e. The van der Waals surface area contributed by atoms with Gasteiger partial charge in [-0.05, 0) is 66.2 Å². The Morgan fingerprint density at radius 1 is 0.971 bits per heavy atom. The average molecular weight is 496 g/mol. The van der Waals surface area contributed by atoms with Crippen LogP contribution in [0.4, 0.5) is 20.2 Å². The van der Waals surface area contributed by atoms with Crippen molar-refractivity contribution in [1.82, 2.24) is 4.90 Å². The van der Waals surface area contributed by atoms with Crippen molar-refractivity contribution in [2.24, 2.45) is 4.99 Å². The van der Waals surface area contributed by atoms with E-state index in [1.54, 1.807) is 12.1 Å². The predicted octanol–water partition coefficient (Wildman–Crippen LogP) is 4.82. The molecule has 1 saturated heterocycles. The number of thioether (sulfide) groups is 1. The van der Waals surface area contributed by atoms with Gasteiger partial charge in [0.05, 0.1) is 17.8 Å². The van der Waals surface area contributed by atoms with Crippen LogP contribution in [-0.2, 0) is 16.1 Å². The van der Waals surface area contributed by atoms with E-state index in [1.807, 2.05) is 0 Å². The molecule has 7 nitrogen and oxygen atoms in total. The maximum atomic E-state index is 13.3. The first kappa shape index (κ1) is 24.1. The second kappa shape index (κ2) is 10.5. The summed E-state index contributed by atoms with van der Waals surface area (Å²) in [5.41, 5.74) is 1.54. The van der Waals surface area contributed by atoms with Gasteiger partial charge < -0.3 is 10.4 Å². The largest absolute Gasteiger partial charge is 0.478 e. The molecule has 0 spiro atoms. The number of aromatic carboxylic acids is 1. The second-order valence-electron chi connectivity index (χ2n) is 7.66. The summed E-state index contributed by atoms with van der Waals surface area (Å²) in [5.74, 6) is -2.72. The molecule has 178 valence electrons. The van der Waals surface area contributed by atoms with Gasteiger partial charge in [-0.2, -0.15) is 0 Å². The number of carbonyl (C=O) groups excluding carboxylic acids is 2. The molecule has 1 aliphatic heterocycles. The fourth-order valence-corrected chi connectivity index (χ4v) is 4.41. The zero-order valence-electron chi connectivity index (χ0n) is 18.2. The maximum Gasteiger partial charge on any atom is 0.335 e. The van der Waals surface area contributed by atoms with Crippen molar-refractivity contribution in [3.63, 3.8) is 0 Å². The Balaban J connectivity index is 1.57. The SMILES string of the molecule is O=C(O)c1ccc(NC(=O)C2CC(=O)N(Cc3ccc(F)cc3)C(=Nc3ccc(F)cc3)S2)cc1. The molecule has 0 saturated carbocycles. The average Bonchev–Trinajstić information content (AvgIpc) is 2.84. The van der Waals surface area contributed by atoms with Crippen molar-refractivity contribution < 1.29 is 28.3 Å². The van der Waals surface area contributed by atoms with Crippen LogP contribution in [0.25, 0.3) is 0 Å². The molecular formula is C25H19F2N3O4S. The van der Waals surface area contributed by atoms with E-state index in [4.69, 9.17) is 5.11 Å². The van der Waals surface area contributed by atoms with E-state index >= 15 is 0 Å². The van der Waals surface area contributed by atoms with Crippen LogP contribution in [0.1, 0.15) is 22.3 Å². The molecule has 0 radical (unpaired) electrons. The molecule has 0 aliphatic carbocycles. The summed E-state index contributed by atoms with van der Waals surface area (Å²) < 4.78 is 26.6. The van der Waals surface area contributed by atoms with Crippen LogP contribution >= 0.6 is 11.8 Å². The lowest BCUT2D eigenvalue weighted by molar-refractivity contribution is -0.129. The van der Waals surface area contributed by atoms with Crippen LogP contribution in [0.15, 0.2) is 77.8 Å². The standard InChI is InChI=1S/C25H19F2N3O4S/c26-17-5-1-15(2-6-17)14-30-22(31)13-21(35-25(30)29-20-11-7-18(27)8-12-20)23(32)28-19-9-3-16(4-10-19)24(33)34/h1-12,21H,13-14H2,(H,28,32)(H,33,34).